The van der Waals surface area contributed by atoms with Crippen molar-refractivity contribution >= 4 is 27.6 Å². The summed E-state index contributed by atoms with van der Waals surface area (Å²) in [5.74, 6) is -1.14. The van der Waals surface area contributed by atoms with Gasteiger partial charge >= 0.3 is 0 Å². The van der Waals surface area contributed by atoms with E-state index in [2.05, 4.69) is 5.73 Å². The maximum atomic E-state index is 10.4. The fourth-order valence-electron chi connectivity index (χ4n) is 0.537. The van der Waals surface area contributed by atoms with E-state index in [4.69, 9.17) is 16.2 Å². The highest BCUT2D eigenvalue weighted by atomic mass is 35.5. The fourth-order valence-corrected chi connectivity index (χ4v) is 1.59. The molecule has 7 heteroatoms. The summed E-state index contributed by atoms with van der Waals surface area (Å²) in [5.41, 5.74) is 4.67. The SMILES string of the molecule is NC(=O)C(CCCl)S(=O)(=O)O. The number of carbonyl (C=O) groups excluding carboxylic acids is 1. The van der Waals surface area contributed by atoms with Gasteiger partial charge in [-0.25, -0.2) is 0 Å². The van der Waals surface area contributed by atoms with Gasteiger partial charge in [0.2, 0.25) is 5.91 Å². The highest BCUT2D eigenvalue weighted by molar-refractivity contribution is 7.87. The number of halogens is 1. The normalized spacial score (nSPS) is 14.4. The molecular formula is C4H8ClNO4S. The van der Waals surface area contributed by atoms with Gasteiger partial charge in [0.15, 0.2) is 5.25 Å². The fraction of sp³-hybridized carbons (Fsp3) is 0.750. The van der Waals surface area contributed by atoms with Gasteiger partial charge in [0.1, 0.15) is 0 Å². The van der Waals surface area contributed by atoms with Gasteiger partial charge in [0.05, 0.1) is 0 Å². The Kier molecular flexibility index (Phi) is 3.77. The van der Waals surface area contributed by atoms with Crippen LogP contribution in [-0.4, -0.2) is 30.0 Å². The second-order valence-corrected chi connectivity index (χ2v) is 3.86. The van der Waals surface area contributed by atoms with Crippen molar-refractivity contribution in [2.24, 2.45) is 5.73 Å². The molecule has 1 atom stereocenters. The van der Waals surface area contributed by atoms with Gasteiger partial charge < -0.3 is 5.73 Å². The first kappa shape index (κ1) is 10.7. The molecule has 0 aromatic heterocycles. The zero-order chi connectivity index (χ0) is 9.07. The Morgan fingerprint density at radius 3 is 2.18 bits per heavy atom. The van der Waals surface area contributed by atoms with E-state index in [1.54, 1.807) is 0 Å². The zero-order valence-corrected chi connectivity index (χ0v) is 7.10. The maximum absolute atomic E-state index is 10.4. The highest BCUT2D eigenvalue weighted by Gasteiger charge is 2.27. The number of rotatable bonds is 4. The molecule has 0 aliphatic rings. The van der Waals surface area contributed by atoms with Crippen molar-refractivity contribution in [1.29, 1.82) is 0 Å². The number of hydrogen-bond donors (Lipinski definition) is 2. The summed E-state index contributed by atoms with van der Waals surface area (Å²) < 4.78 is 29.1. The summed E-state index contributed by atoms with van der Waals surface area (Å²) in [6.45, 7) is 0. The van der Waals surface area contributed by atoms with Crippen LogP contribution in [0.4, 0.5) is 0 Å². The van der Waals surface area contributed by atoms with Crippen molar-refractivity contribution < 1.29 is 17.8 Å². The van der Waals surface area contributed by atoms with E-state index in [-0.39, 0.29) is 12.3 Å². The van der Waals surface area contributed by atoms with Crippen molar-refractivity contribution in [3.05, 3.63) is 0 Å². The summed E-state index contributed by atoms with van der Waals surface area (Å²) in [5, 5.41) is -1.58. The van der Waals surface area contributed by atoms with Crippen LogP contribution in [0.25, 0.3) is 0 Å². The summed E-state index contributed by atoms with van der Waals surface area (Å²) in [7, 11) is -4.39. The van der Waals surface area contributed by atoms with Gasteiger partial charge in [-0.15, -0.1) is 11.6 Å². The number of primary amides is 1. The van der Waals surface area contributed by atoms with Crippen LogP contribution in [-0.2, 0) is 14.9 Å². The van der Waals surface area contributed by atoms with Crippen molar-refractivity contribution in [1.82, 2.24) is 0 Å². The minimum atomic E-state index is -4.39. The van der Waals surface area contributed by atoms with Crippen molar-refractivity contribution in [2.45, 2.75) is 11.7 Å². The van der Waals surface area contributed by atoms with Crippen LogP contribution in [0.2, 0.25) is 0 Å². The predicted octanol–water partition coefficient (Wildman–Crippen LogP) is -0.643. The van der Waals surface area contributed by atoms with Crippen LogP contribution < -0.4 is 5.73 Å². The molecule has 0 rings (SSSR count). The first-order chi connectivity index (χ1) is 4.89. The van der Waals surface area contributed by atoms with Crippen LogP contribution in [0, 0.1) is 0 Å². The molecule has 0 fully saturated rings. The zero-order valence-electron chi connectivity index (χ0n) is 5.53. The largest absolute Gasteiger partial charge is 0.368 e. The molecule has 1 unspecified atom stereocenters. The number of nitrogens with two attached hydrogens (primary N) is 1. The Morgan fingerprint density at radius 2 is 2.09 bits per heavy atom. The van der Waals surface area contributed by atoms with E-state index in [9.17, 15) is 13.2 Å². The summed E-state index contributed by atoms with van der Waals surface area (Å²) in [4.78, 5) is 10.4. The van der Waals surface area contributed by atoms with Gasteiger partial charge in [0, 0.05) is 5.88 Å². The lowest BCUT2D eigenvalue weighted by atomic mass is 10.3. The Labute approximate surface area is 69.3 Å². The van der Waals surface area contributed by atoms with E-state index in [1.807, 2.05) is 0 Å². The van der Waals surface area contributed by atoms with Gasteiger partial charge in [-0.2, -0.15) is 8.42 Å². The number of carbonyl (C=O) groups is 1. The molecule has 0 aromatic carbocycles. The lowest BCUT2D eigenvalue weighted by molar-refractivity contribution is -0.117. The molecule has 0 saturated heterocycles. The summed E-state index contributed by atoms with van der Waals surface area (Å²) >= 11 is 5.16. The molecule has 3 N–H and O–H groups in total. The first-order valence-electron chi connectivity index (χ1n) is 2.71. The molecule has 1 amide bonds. The quantitative estimate of drug-likeness (QED) is 0.467. The maximum Gasteiger partial charge on any atom is 0.276 e. The molecule has 0 aliphatic heterocycles. The number of hydrogen-bond acceptors (Lipinski definition) is 3. The van der Waals surface area contributed by atoms with E-state index in [0.29, 0.717) is 0 Å². The highest BCUT2D eigenvalue weighted by Crippen LogP contribution is 2.04. The first-order valence-corrected chi connectivity index (χ1v) is 4.75. The third-order valence-corrected chi connectivity index (χ3v) is 2.45. The number of alkyl halides is 1. The predicted molar refractivity (Wildman–Crippen MR) is 39.9 cm³/mol. The van der Waals surface area contributed by atoms with Gasteiger partial charge in [0.25, 0.3) is 10.1 Å². The second-order valence-electron chi connectivity index (χ2n) is 1.88. The molecule has 0 heterocycles. The molecular weight excluding hydrogens is 194 g/mol. The van der Waals surface area contributed by atoms with Crippen molar-refractivity contribution in [2.75, 3.05) is 5.88 Å². The van der Waals surface area contributed by atoms with E-state index >= 15 is 0 Å². The minimum Gasteiger partial charge on any atom is -0.368 e. The average Bonchev–Trinajstić information content (AvgIpc) is 1.79. The molecule has 0 aromatic rings. The van der Waals surface area contributed by atoms with E-state index in [0.717, 1.165) is 0 Å². The topological polar surface area (TPSA) is 97.5 Å². The third-order valence-electron chi connectivity index (χ3n) is 1.05. The van der Waals surface area contributed by atoms with Gasteiger partial charge in [-0.1, -0.05) is 0 Å². The van der Waals surface area contributed by atoms with Crippen molar-refractivity contribution in [3.8, 4) is 0 Å². The third kappa shape index (κ3) is 3.54. The van der Waals surface area contributed by atoms with Crippen LogP contribution in [0.15, 0.2) is 0 Å². The molecule has 0 saturated carbocycles. The van der Waals surface area contributed by atoms with Crippen LogP contribution in [0.5, 0.6) is 0 Å². The van der Waals surface area contributed by atoms with Gasteiger partial charge in [-0.05, 0) is 6.42 Å². The minimum absolute atomic E-state index is 0.0482. The van der Waals surface area contributed by atoms with Gasteiger partial charge in [-0.3, -0.25) is 9.35 Å². The Balaban J connectivity index is 4.49. The molecule has 66 valence electrons. The lowest BCUT2D eigenvalue weighted by Gasteiger charge is -2.06. The Morgan fingerprint density at radius 1 is 1.64 bits per heavy atom. The lowest BCUT2D eigenvalue weighted by Crippen LogP contribution is -2.35. The molecule has 0 bridgehead atoms. The molecule has 11 heavy (non-hydrogen) atoms. The Bertz CT molecular complexity index is 236. The smallest absolute Gasteiger partial charge is 0.276 e. The molecule has 0 aliphatic carbocycles. The molecule has 0 radical (unpaired) electrons. The molecule has 5 nitrogen and oxygen atoms in total. The van der Waals surface area contributed by atoms with E-state index in [1.165, 1.54) is 0 Å². The second kappa shape index (κ2) is 3.89. The number of amides is 1. The standard InChI is InChI=1S/C4H8ClNO4S/c5-2-1-3(4(6)7)11(8,9)10/h3H,1-2H2,(H2,6,7)(H,8,9,10). The summed E-state index contributed by atoms with van der Waals surface area (Å²) in [6.07, 6.45) is -0.171. The van der Waals surface area contributed by atoms with E-state index < -0.39 is 21.3 Å². The summed E-state index contributed by atoms with van der Waals surface area (Å²) in [6, 6.07) is 0. The van der Waals surface area contributed by atoms with Crippen molar-refractivity contribution in [3.63, 3.8) is 0 Å². The van der Waals surface area contributed by atoms with Crippen LogP contribution in [0.1, 0.15) is 6.42 Å². The molecule has 0 spiro atoms. The van der Waals surface area contributed by atoms with Crippen LogP contribution in [0.3, 0.4) is 0 Å². The average molecular weight is 202 g/mol. The Hall–Kier alpha value is -0.330. The monoisotopic (exact) mass is 201 g/mol. The van der Waals surface area contributed by atoms with Crippen LogP contribution >= 0.6 is 11.6 Å².